The molecule has 0 bridgehead atoms. The largest absolute Gasteiger partial charge is 0.481 e. The predicted octanol–water partition coefficient (Wildman–Crippen LogP) is 7.13. The number of carbonyl (C=O) groups is 1. The number of aliphatic carboxylic acids is 1. The molecule has 160 valence electrons. The Morgan fingerprint density at radius 2 is 1.41 bits per heavy atom. The lowest BCUT2D eigenvalue weighted by atomic mass is 9.97. The van der Waals surface area contributed by atoms with Gasteiger partial charge in [-0.05, 0) is 37.5 Å². The number of allylic oxidation sites excluding steroid dienone is 1. The number of carboxylic acids is 1. The number of aliphatic hydroxyl groups is 1. The molecular weight excluding hydrogens is 336 g/mol. The quantitative estimate of drug-likeness (QED) is 0.184. The third-order valence-corrected chi connectivity index (χ3v) is 5.70. The van der Waals surface area contributed by atoms with Crippen molar-refractivity contribution in [2.75, 3.05) is 0 Å². The second kappa shape index (κ2) is 18.5. The molecule has 27 heavy (non-hydrogen) atoms. The van der Waals surface area contributed by atoms with Crippen LogP contribution in [-0.2, 0) is 4.79 Å². The summed E-state index contributed by atoms with van der Waals surface area (Å²) in [7, 11) is 0. The molecule has 0 aromatic rings. The van der Waals surface area contributed by atoms with E-state index in [0.29, 0.717) is 6.42 Å². The van der Waals surface area contributed by atoms with E-state index in [-0.39, 0.29) is 18.4 Å². The van der Waals surface area contributed by atoms with Gasteiger partial charge < -0.3 is 10.2 Å². The van der Waals surface area contributed by atoms with E-state index in [4.69, 9.17) is 5.11 Å². The first kappa shape index (κ1) is 26.2. The van der Waals surface area contributed by atoms with E-state index in [0.717, 1.165) is 31.6 Å². The van der Waals surface area contributed by atoms with Crippen LogP contribution in [0.4, 0.5) is 0 Å². The van der Waals surface area contributed by atoms with E-state index in [9.17, 15) is 9.90 Å². The van der Waals surface area contributed by atoms with E-state index in [1.165, 1.54) is 57.8 Å². The molecule has 3 nitrogen and oxygen atoms in total. The maximum absolute atomic E-state index is 10.5. The molecule has 2 N–H and O–H groups in total. The van der Waals surface area contributed by atoms with Crippen LogP contribution >= 0.6 is 0 Å². The van der Waals surface area contributed by atoms with Crippen molar-refractivity contribution in [1.82, 2.24) is 0 Å². The summed E-state index contributed by atoms with van der Waals surface area (Å²) in [5.41, 5.74) is 0. The Bertz CT molecular complexity index is 365. The minimum atomic E-state index is -0.728. The maximum atomic E-state index is 10.5. The van der Waals surface area contributed by atoms with Gasteiger partial charge in [-0.3, -0.25) is 4.79 Å². The molecule has 0 aliphatic carbocycles. The zero-order valence-corrected chi connectivity index (χ0v) is 18.3. The van der Waals surface area contributed by atoms with Crippen LogP contribution in [-0.4, -0.2) is 22.3 Å². The number of hydrogen-bond donors (Lipinski definition) is 2. The predicted molar refractivity (Wildman–Crippen MR) is 116 cm³/mol. The molecular formula is C24H46O3. The lowest BCUT2D eigenvalue weighted by Crippen LogP contribution is -2.15. The van der Waals surface area contributed by atoms with Crippen LogP contribution in [0.5, 0.6) is 0 Å². The summed E-state index contributed by atoms with van der Waals surface area (Å²) < 4.78 is 0. The zero-order valence-electron chi connectivity index (χ0n) is 18.3. The van der Waals surface area contributed by atoms with Crippen molar-refractivity contribution in [3.63, 3.8) is 0 Å². The van der Waals surface area contributed by atoms with Gasteiger partial charge in [0.2, 0.25) is 0 Å². The highest BCUT2D eigenvalue weighted by atomic mass is 16.4. The summed E-state index contributed by atoms with van der Waals surface area (Å²) >= 11 is 0. The molecule has 0 heterocycles. The van der Waals surface area contributed by atoms with Crippen molar-refractivity contribution >= 4 is 5.97 Å². The second-order valence-corrected chi connectivity index (χ2v) is 8.41. The van der Waals surface area contributed by atoms with Gasteiger partial charge >= 0.3 is 5.97 Å². The molecule has 0 saturated heterocycles. The SMILES string of the molecule is CCC(C)CCCCCCCCCC=CC(C)C(O)CCCCCC(=O)O. The van der Waals surface area contributed by atoms with Crippen molar-refractivity contribution in [1.29, 1.82) is 0 Å². The normalized spacial score (nSPS) is 15.1. The topological polar surface area (TPSA) is 57.5 Å². The monoisotopic (exact) mass is 382 g/mol. The van der Waals surface area contributed by atoms with Crippen LogP contribution in [0.2, 0.25) is 0 Å². The summed E-state index contributed by atoms with van der Waals surface area (Å²) in [6.45, 7) is 6.71. The molecule has 0 amide bonds. The first-order valence-electron chi connectivity index (χ1n) is 11.5. The smallest absolute Gasteiger partial charge is 0.303 e. The average Bonchev–Trinajstić information content (AvgIpc) is 2.64. The Morgan fingerprint density at radius 3 is 2.04 bits per heavy atom. The van der Waals surface area contributed by atoms with Crippen LogP contribution in [0.1, 0.15) is 117 Å². The van der Waals surface area contributed by atoms with Crippen molar-refractivity contribution in [2.45, 2.75) is 123 Å². The third kappa shape index (κ3) is 18.3. The molecule has 0 aliphatic rings. The van der Waals surface area contributed by atoms with Crippen LogP contribution in [0.25, 0.3) is 0 Å². The molecule has 3 unspecified atom stereocenters. The van der Waals surface area contributed by atoms with Crippen LogP contribution in [0.15, 0.2) is 12.2 Å². The Balaban J connectivity index is 3.46. The summed E-state index contributed by atoms with van der Waals surface area (Å²) in [6, 6.07) is 0. The fourth-order valence-electron chi connectivity index (χ4n) is 3.35. The number of rotatable bonds is 19. The minimum Gasteiger partial charge on any atom is -0.481 e. The molecule has 3 atom stereocenters. The Morgan fingerprint density at radius 1 is 0.852 bits per heavy atom. The van der Waals surface area contributed by atoms with Gasteiger partial charge in [0.05, 0.1) is 6.10 Å². The molecule has 0 aromatic heterocycles. The maximum Gasteiger partial charge on any atom is 0.303 e. The van der Waals surface area contributed by atoms with Gasteiger partial charge in [0, 0.05) is 6.42 Å². The highest BCUT2D eigenvalue weighted by Crippen LogP contribution is 2.16. The number of aliphatic hydroxyl groups excluding tert-OH is 1. The number of unbranched alkanes of at least 4 members (excludes halogenated alkanes) is 9. The van der Waals surface area contributed by atoms with E-state index in [1.54, 1.807) is 0 Å². The van der Waals surface area contributed by atoms with E-state index in [2.05, 4.69) is 32.9 Å². The second-order valence-electron chi connectivity index (χ2n) is 8.41. The van der Waals surface area contributed by atoms with Gasteiger partial charge in [0.25, 0.3) is 0 Å². The van der Waals surface area contributed by atoms with Crippen molar-refractivity contribution < 1.29 is 15.0 Å². The van der Waals surface area contributed by atoms with Gasteiger partial charge in [-0.2, -0.15) is 0 Å². The number of carboxylic acid groups (broad SMARTS) is 1. The van der Waals surface area contributed by atoms with Gasteiger partial charge in [-0.25, -0.2) is 0 Å². The van der Waals surface area contributed by atoms with Crippen LogP contribution < -0.4 is 0 Å². The van der Waals surface area contributed by atoms with Gasteiger partial charge in [0.1, 0.15) is 0 Å². The third-order valence-electron chi connectivity index (χ3n) is 5.70. The molecule has 0 rings (SSSR count). The Kier molecular flexibility index (Phi) is 18.0. The molecule has 0 spiro atoms. The number of hydrogen-bond acceptors (Lipinski definition) is 2. The Hall–Kier alpha value is -0.830. The van der Waals surface area contributed by atoms with Gasteiger partial charge in [0.15, 0.2) is 0 Å². The highest BCUT2D eigenvalue weighted by molar-refractivity contribution is 5.66. The Labute approximate surface area is 168 Å². The van der Waals surface area contributed by atoms with Crippen LogP contribution in [0, 0.1) is 11.8 Å². The summed E-state index contributed by atoms with van der Waals surface area (Å²) in [6.07, 6.45) is 20.9. The highest BCUT2D eigenvalue weighted by Gasteiger charge is 2.10. The lowest BCUT2D eigenvalue weighted by molar-refractivity contribution is -0.137. The fraction of sp³-hybridized carbons (Fsp3) is 0.875. The summed E-state index contributed by atoms with van der Waals surface area (Å²) in [5.74, 6) is 0.359. The fourth-order valence-corrected chi connectivity index (χ4v) is 3.35. The molecule has 0 saturated carbocycles. The van der Waals surface area contributed by atoms with Gasteiger partial charge in [-0.15, -0.1) is 0 Å². The summed E-state index contributed by atoms with van der Waals surface area (Å²) in [4.78, 5) is 10.5. The van der Waals surface area contributed by atoms with Gasteiger partial charge in [-0.1, -0.05) is 97.1 Å². The average molecular weight is 383 g/mol. The van der Waals surface area contributed by atoms with Crippen molar-refractivity contribution in [3.05, 3.63) is 12.2 Å². The first-order chi connectivity index (χ1) is 13.0. The first-order valence-corrected chi connectivity index (χ1v) is 11.5. The zero-order chi connectivity index (χ0) is 20.3. The van der Waals surface area contributed by atoms with E-state index < -0.39 is 5.97 Å². The molecule has 0 radical (unpaired) electrons. The van der Waals surface area contributed by atoms with Crippen LogP contribution in [0.3, 0.4) is 0 Å². The summed E-state index contributed by atoms with van der Waals surface area (Å²) in [5, 5.41) is 18.8. The van der Waals surface area contributed by atoms with E-state index >= 15 is 0 Å². The van der Waals surface area contributed by atoms with Crippen molar-refractivity contribution in [3.8, 4) is 0 Å². The lowest BCUT2D eigenvalue weighted by Gasteiger charge is -2.15. The molecule has 0 aromatic carbocycles. The van der Waals surface area contributed by atoms with Crippen molar-refractivity contribution in [2.24, 2.45) is 11.8 Å². The molecule has 3 heteroatoms. The molecule has 0 aliphatic heterocycles. The van der Waals surface area contributed by atoms with E-state index in [1.807, 2.05) is 0 Å². The minimum absolute atomic E-state index is 0.190. The standard InChI is InChI=1S/C24H46O3/c1-4-21(2)17-13-10-8-6-5-7-9-11-14-18-22(3)23(25)19-15-12-16-20-24(26)27/h14,18,21-23,25H,4-13,15-17,19-20H2,1-3H3,(H,26,27). The molecule has 0 fully saturated rings.